The van der Waals surface area contributed by atoms with Crippen molar-refractivity contribution in [1.29, 1.82) is 0 Å². The summed E-state index contributed by atoms with van der Waals surface area (Å²) in [7, 11) is 0. The molecule has 5 aromatic rings. The topological polar surface area (TPSA) is 85.4 Å². The maximum atomic E-state index is 5.33. The monoisotopic (exact) mass is 424 g/mol. The number of hydrogen-bond acceptors (Lipinski definition) is 4. The maximum absolute atomic E-state index is 5.33. The van der Waals surface area contributed by atoms with Crippen LogP contribution in [0.2, 0.25) is 0 Å². The number of aryl methyl sites for hydroxylation is 1. The summed E-state index contributed by atoms with van der Waals surface area (Å²) in [6.45, 7) is 2.99. The first-order chi connectivity index (χ1) is 15.7. The first kappa shape index (κ1) is 20.4. The molecular weight excluding hydrogens is 396 g/mol. The van der Waals surface area contributed by atoms with Crippen molar-refractivity contribution in [3.8, 4) is 5.69 Å². The molecule has 2 aromatic carbocycles. The minimum Gasteiger partial charge on any atom is -0.359 e. The van der Waals surface area contributed by atoms with Gasteiger partial charge in [0.25, 0.3) is 0 Å². The van der Waals surface area contributed by atoms with Crippen LogP contribution in [0, 0.1) is 12.8 Å². The van der Waals surface area contributed by atoms with E-state index in [1.807, 2.05) is 35.4 Å². The lowest BCUT2D eigenvalue weighted by molar-refractivity contribution is 0.325. The van der Waals surface area contributed by atoms with Gasteiger partial charge in [-0.05, 0) is 55.3 Å². The first-order valence-corrected chi connectivity index (χ1v) is 11.2. The molecule has 6 nitrogen and oxygen atoms in total. The van der Waals surface area contributed by atoms with Crippen molar-refractivity contribution in [3.63, 3.8) is 0 Å². The van der Waals surface area contributed by atoms with Gasteiger partial charge in [0.2, 0.25) is 0 Å². The highest BCUT2D eigenvalue weighted by Crippen LogP contribution is 2.24. The Morgan fingerprint density at radius 2 is 1.94 bits per heavy atom. The highest BCUT2D eigenvalue weighted by molar-refractivity contribution is 5.88. The van der Waals surface area contributed by atoms with Crippen LogP contribution >= 0.6 is 0 Å². The van der Waals surface area contributed by atoms with Crippen LogP contribution in [0.15, 0.2) is 67.1 Å². The fourth-order valence-corrected chi connectivity index (χ4v) is 4.15. The molecule has 0 aliphatic heterocycles. The molecule has 0 saturated heterocycles. The lowest BCUT2D eigenvalue weighted by Crippen LogP contribution is -2.20. The molecule has 1 fully saturated rings. The Labute approximate surface area is 187 Å². The van der Waals surface area contributed by atoms with E-state index in [1.54, 1.807) is 0 Å². The van der Waals surface area contributed by atoms with Crippen molar-refractivity contribution in [2.75, 3.05) is 6.54 Å². The summed E-state index contributed by atoms with van der Waals surface area (Å²) in [5.41, 5.74) is 10.7. The number of benzene rings is 2. The number of nitrogens with two attached hydrogens (primary N) is 1. The Morgan fingerprint density at radius 3 is 2.72 bits per heavy atom. The first-order valence-electron chi connectivity index (χ1n) is 11.2. The van der Waals surface area contributed by atoms with Gasteiger partial charge in [-0.25, -0.2) is 4.68 Å². The summed E-state index contributed by atoms with van der Waals surface area (Å²) >= 11 is 0. The minimum absolute atomic E-state index is 0.742. The average Bonchev–Trinajstić information content (AvgIpc) is 3.38. The Balaban J connectivity index is 0.000000314. The van der Waals surface area contributed by atoms with Crippen LogP contribution in [0.25, 0.3) is 27.4 Å². The van der Waals surface area contributed by atoms with Gasteiger partial charge in [0.15, 0.2) is 0 Å². The molecule has 0 radical (unpaired) electrons. The molecule has 1 aliphatic carbocycles. The van der Waals surface area contributed by atoms with E-state index in [0.29, 0.717) is 0 Å². The third-order valence-electron chi connectivity index (χ3n) is 6.20. The van der Waals surface area contributed by atoms with Gasteiger partial charge in [-0.3, -0.25) is 4.98 Å². The van der Waals surface area contributed by atoms with E-state index in [9.17, 15) is 0 Å². The molecule has 3 N–H and O–H groups in total. The number of pyridine rings is 1. The Bertz CT molecular complexity index is 1340. The summed E-state index contributed by atoms with van der Waals surface area (Å²) in [5, 5.41) is 12.1. The molecule has 6 heteroatoms. The largest absolute Gasteiger partial charge is 0.359 e. The van der Waals surface area contributed by atoms with Gasteiger partial charge in [-0.2, -0.15) is 0 Å². The van der Waals surface area contributed by atoms with Crippen LogP contribution < -0.4 is 5.73 Å². The van der Waals surface area contributed by atoms with Gasteiger partial charge in [0.05, 0.1) is 23.8 Å². The zero-order valence-electron chi connectivity index (χ0n) is 18.3. The number of hydrogen-bond donors (Lipinski definition) is 2. The van der Waals surface area contributed by atoms with Crippen molar-refractivity contribution in [2.24, 2.45) is 11.7 Å². The van der Waals surface area contributed by atoms with Crippen LogP contribution in [0.5, 0.6) is 0 Å². The van der Waals surface area contributed by atoms with Crippen LogP contribution in [0.3, 0.4) is 0 Å². The summed E-state index contributed by atoms with van der Waals surface area (Å²) in [4.78, 5) is 7.71. The van der Waals surface area contributed by atoms with Crippen LogP contribution in [-0.4, -0.2) is 31.5 Å². The molecule has 162 valence electrons. The van der Waals surface area contributed by atoms with E-state index in [0.717, 1.165) is 46.6 Å². The van der Waals surface area contributed by atoms with Gasteiger partial charge in [-0.15, -0.1) is 5.10 Å². The summed E-state index contributed by atoms with van der Waals surface area (Å²) in [6.07, 6.45) is 10.6. The van der Waals surface area contributed by atoms with E-state index in [4.69, 9.17) is 5.73 Å². The standard InChI is InChI=1S/C21H17N5.C5H11N/c1-14-8-16-7-6-15(10-20(16)23-14)9-18-13-26(25-24-18)21-12-22-11-17-4-2-3-5-19(17)21;6-4-5-2-1-3-5/h2-8,10-13,23H,9H2,1H3;5H,1-4,6H2. The van der Waals surface area contributed by atoms with Crippen molar-refractivity contribution in [2.45, 2.75) is 32.6 Å². The summed E-state index contributed by atoms with van der Waals surface area (Å²) in [6, 6.07) is 16.8. The smallest absolute Gasteiger partial charge is 0.0925 e. The molecule has 6 rings (SSSR count). The van der Waals surface area contributed by atoms with Gasteiger partial charge in [-0.1, -0.05) is 48.0 Å². The van der Waals surface area contributed by atoms with Crippen LogP contribution in [0.4, 0.5) is 0 Å². The number of nitrogens with one attached hydrogen (secondary N) is 1. The summed E-state index contributed by atoms with van der Waals surface area (Å²) in [5.74, 6) is 0.894. The Kier molecular flexibility index (Phi) is 5.69. The molecule has 3 aromatic heterocycles. The van der Waals surface area contributed by atoms with Crippen LogP contribution in [-0.2, 0) is 6.42 Å². The lowest BCUT2D eigenvalue weighted by Gasteiger charge is -2.22. The predicted molar refractivity (Wildman–Crippen MR) is 129 cm³/mol. The van der Waals surface area contributed by atoms with Gasteiger partial charge in [0, 0.05) is 34.6 Å². The second kappa shape index (κ2) is 8.93. The molecule has 1 aliphatic rings. The Hall–Kier alpha value is -3.51. The van der Waals surface area contributed by atoms with E-state index in [-0.39, 0.29) is 0 Å². The molecular formula is C26H28N6. The van der Waals surface area contributed by atoms with Crippen molar-refractivity contribution in [1.82, 2.24) is 25.0 Å². The SMILES string of the molecule is Cc1cc2ccc(Cc3cn(-c4cncc5ccccc45)nn3)cc2[nH]1.NCC1CCC1. The van der Waals surface area contributed by atoms with E-state index in [2.05, 4.69) is 63.6 Å². The van der Waals surface area contributed by atoms with Crippen molar-refractivity contribution in [3.05, 3.63) is 84.1 Å². The third-order valence-corrected chi connectivity index (χ3v) is 6.20. The van der Waals surface area contributed by atoms with Crippen molar-refractivity contribution >= 4 is 21.7 Å². The van der Waals surface area contributed by atoms with E-state index >= 15 is 0 Å². The number of aromatic nitrogens is 5. The second-order valence-electron chi connectivity index (χ2n) is 8.62. The highest BCUT2D eigenvalue weighted by atomic mass is 15.4. The van der Waals surface area contributed by atoms with E-state index < -0.39 is 0 Å². The van der Waals surface area contributed by atoms with E-state index in [1.165, 1.54) is 35.9 Å². The fraction of sp³-hybridized carbons (Fsp3) is 0.269. The number of fused-ring (bicyclic) bond motifs is 2. The normalized spacial score (nSPS) is 13.7. The quantitative estimate of drug-likeness (QED) is 0.428. The molecule has 3 heterocycles. The van der Waals surface area contributed by atoms with Gasteiger partial charge in [0.1, 0.15) is 0 Å². The number of rotatable bonds is 4. The molecule has 0 bridgehead atoms. The minimum atomic E-state index is 0.742. The third kappa shape index (κ3) is 4.27. The molecule has 0 unspecified atom stereocenters. The maximum Gasteiger partial charge on any atom is 0.0925 e. The Morgan fingerprint density at radius 1 is 1.06 bits per heavy atom. The molecule has 0 atom stereocenters. The number of nitrogens with zero attached hydrogens (tertiary/aromatic N) is 4. The molecule has 0 spiro atoms. The van der Waals surface area contributed by atoms with Gasteiger partial charge >= 0.3 is 0 Å². The lowest BCUT2D eigenvalue weighted by atomic mass is 9.86. The highest BCUT2D eigenvalue weighted by Gasteiger charge is 2.14. The zero-order valence-corrected chi connectivity index (χ0v) is 18.3. The number of H-pyrrole nitrogens is 1. The van der Waals surface area contributed by atoms with Gasteiger partial charge < -0.3 is 10.7 Å². The molecule has 32 heavy (non-hydrogen) atoms. The second-order valence-corrected chi connectivity index (χ2v) is 8.62. The van der Waals surface area contributed by atoms with Crippen molar-refractivity contribution < 1.29 is 0 Å². The molecule has 1 saturated carbocycles. The predicted octanol–water partition coefficient (Wildman–Crippen LogP) is 4.94. The number of aromatic amines is 1. The summed E-state index contributed by atoms with van der Waals surface area (Å²) < 4.78 is 1.81. The molecule has 0 amide bonds. The zero-order chi connectivity index (χ0) is 21.9. The average molecular weight is 425 g/mol. The van der Waals surface area contributed by atoms with Crippen LogP contribution in [0.1, 0.15) is 36.2 Å². The fourth-order valence-electron chi connectivity index (χ4n) is 4.15.